The molecule has 0 saturated carbocycles. The van der Waals surface area contributed by atoms with E-state index in [1.165, 1.54) is 0 Å². The van der Waals surface area contributed by atoms with Gasteiger partial charge in [0.15, 0.2) is 12.1 Å². The molecule has 1 radical (unpaired) electrons. The third kappa shape index (κ3) is 5.86. The molecule has 0 aromatic rings. The van der Waals surface area contributed by atoms with Crippen molar-refractivity contribution in [1.29, 1.82) is 0 Å². The quantitative estimate of drug-likeness (QED) is 0.312. The van der Waals surface area contributed by atoms with Gasteiger partial charge in [-0.3, -0.25) is 9.59 Å². The molecule has 2 nitrogen and oxygen atoms in total. The predicted octanol–water partition coefficient (Wildman–Crippen LogP) is 0.162. The van der Waals surface area contributed by atoms with Crippen LogP contribution in [0.15, 0.2) is 0 Å². The largest absolute Gasteiger partial charge is 0.295 e. The molecule has 0 amide bonds. The minimum Gasteiger partial charge on any atom is -0.295 e. The third-order valence-corrected chi connectivity index (χ3v) is 0.480. The Labute approximate surface area is 52.8 Å². The molecule has 3 heteroatoms. The number of Topliss-reactive ketones (excluding diaryl/α,β-unsaturated/α-hetero) is 1. The van der Waals surface area contributed by atoms with Crippen molar-refractivity contribution in [3.63, 3.8) is 0 Å². The summed E-state index contributed by atoms with van der Waals surface area (Å²) in [5.74, 6) is -0.338. The van der Waals surface area contributed by atoms with Gasteiger partial charge in [-0.2, -0.15) is 0 Å². The van der Waals surface area contributed by atoms with Crippen LogP contribution in [0.1, 0.15) is 13.3 Å². The van der Waals surface area contributed by atoms with E-state index in [1.54, 1.807) is 6.92 Å². The first-order valence-corrected chi connectivity index (χ1v) is 1.79. The summed E-state index contributed by atoms with van der Waals surface area (Å²) in [6.07, 6.45) is 0.656. The fraction of sp³-hybridized carbons (Fsp3) is 0.500. The van der Waals surface area contributed by atoms with Crippen LogP contribution in [0.5, 0.6) is 0 Å². The Kier molecular flexibility index (Phi) is 8.35. The molecular weight excluding hydrogens is 135 g/mol. The van der Waals surface area contributed by atoms with Crippen molar-refractivity contribution in [2.24, 2.45) is 0 Å². The number of rotatable bonds is 2. The zero-order chi connectivity index (χ0) is 4.99. The Morgan fingerprint density at radius 3 is 2.14 bits per heavy atom. The van der Waals surface area contributed by atoms with Gasteiger partial charge in [0, 0.05) is 23.5 Å². The molecule has 0 spiro atoms. The van der Waals surface area contributed by atoms with E-state index in [-0.39, 0.29) is 22.9 Å². The zero-order valence-corrected chi connectivity index (χ0v) is 5.16. The Morgan fingerprint density at radius 1 is 1.71 bits per heavy atom. The second-order valence-corrected chi connectivity index (χ2v) is 0.938. The van der Waals surface area contributed by atoms with Gasteiger partial charge in [-0.25, -0.2) is 0 Å². The molecule has 0 saturated heterocycles. The van der Waals surface area contributed by atoms with Crippen molar-refractivity contribution < 1.29 is 26.7 Å². The van der Waals surface area contributed by atoms with Crippen molar-refractivity contribution in [3.8, 4) is 0 Å². The molecule has 0 atom stereocenters. The molecule has 0 unspecified atom stereocenters. The fourth-order valence-electron chi connectivity index (χ4n) is 0.0833. The van der Waals surface area contributed by atoms with Crippen LogP contribution in [0.3, 0.4) is 0 Å². The minimum atomic E-state index is -0.338. The fourth-order valence-corrected chi connectivity index (χ4v) is 0.0833. The summed E-state index contributed by atoms with van der Waals surface area (Å²) in [6.45, 7) is 1.65. The topological polar surface area (TPSA) is 34.1 Å². The standard InChI is InChI=1S/C4H6O2.Mn/c1-2-4(6)3-5;/h3H,2H2,1H3;. The maximum absolute atomic E-state index is 9.81. The number of hydrogen-bond donors (Lipinski definition) is 0. The number of aldehydes is 1. The summed E-state index contributed by atoms with van der Waals surface area (Å²) in [5, 5.41) is 0. The molecule has 41 valence electrons. The molecule has 0 rings (SSSR count). The van der Waals surface area contributed by atoms with Crippen LogP contribution >= 0.6 is 0 Å². The SMILES string of the molecule is CCC(=O)C=O.[Mn]. The van der Waals surface area contributed by atoms with E-state index in [0.717, 1.165) is 0 Å². The van der Waals surface area contributed by atoms with Gasteiger partial charge in [-0.15, -0.1) is 0 Å². The van der Waals surface area contributed by atoms with Gasteiger partial charge in [0.1, 0.15) is 0 Å². The number of ketones is 1. The molecule has 0 fully saturated rings. The first kappa shape index (κ1) is 9.97. The van der Waals surface area contributed by atoms with Crippen LogP contribution in [0.25, 0.3) is 0 Å². The smallest absolute Gasteiger partial charge is 0.194 e. The van der Waals surface area contributed by atoms with Gasteiger partial charge >= 0.3 is 0 Å². The van der Waals surface area contributed by atoms with Crippen LogP contribution in [0.4, 0.5) is 0 Å². The first-order chi connectivity index (χ1) is 2.81. The van der Waals surface area contributed by atoms with E-state index in [9.17, 15) is 9.59 Å². The molecule has 0 N–H and O–H groups in total. The summed E-state index contributed by atoms with van der Waals surface area (Å²) in [6, 6.07) is 0. The molecule has 0 aliphatic rings. The summed E-state index contributed by atoms with van der Waals surface area (Å²) in [7, 11) is 0. The molecule has 0 aliphatic heterocycles. The number of hydrogen-bond acceptors (Lipinski definition) is 2. The van der Waals surface area contributed by atoms with Crippen LogP contribution in [0, 0.1) is 0 Å². The summed E-state index contributed by atoms with van der Waals surface area (Å²) in [5.41, 5.74) is 0. The Bertz CT molecular complexity index is 70.1. The Morgan fingerprint density at radius 2 is 2.14 bits per heavy atom. The molecule has 0 aromatic heterocycles. The van der Waals surface area contributed by atoms with Crippen molar-refractivity contribution in [1.82, 2.24) is 0 Å². The molecular formula is C4H6MnO2. The average molecular weight is 141 g/mol. The van der Waals surface area contributed by atoms with Crippen molar-refractivity contribution in [3.05, 3.63) is 0 Å². The Balaban J connectivity index is 0. The summed E-state index contributed by atoms with van der Waals surface area (Å²) in [4.78, 5) is 19.2. The second-order valence-electron chi connectivity index (χ2n) is 0.938. The van der Waals surface area contributed by atoms with Crippen LogP contribution < -0.4 is 0 Å². The maximum Gasteiger partial charge on any atom is 0.194 e. The van der Waals surface area contributed by atoms with Crippen LogP contribution in [0.2, 0.25) is 0 Å². The molecule has 0 bridgehead atoms. The van der Waals surface area contributed by atoms with Crippen LogP contribution in [-0.4, -0.2) is 12.1 Å². The maximum atomic E-state index is 9.81. The summed E-state index contributed by atoms with van der Waals surface area (Å²) >= 11 is 0. The number of carbonyl (C=O) groups is 2. The molecule has 7 heavy (non-hydrogen) atoms. The van der Waals surface area contributed by atoms with Crippen LogP contribution in [-0.2, 0) is 26.7 Å². The molecule has 0 aromatic carbocycles. The normalized spacial score (nSPS) is 6.43. The zero-order valence-electron chi connectivity index (χ0n) is 3.98. The van der Waals surface area contributed by atoms with Crippen molar-refractivity contribution in [2.75, 3.05) is 0 Å². The number of carbonyl (C=O) groups excluding carboxylic acids is 2. The monoisotopic (exact) mass is 141 g/mol. The van der Waals surface area contributed by atoms with E-state index < -0.39 is 0 Å². The van der Waals surface area contributed by atoms with Gasteiger partial charge in [0.25, 0.3) is 0 Å². The van der Waals surface area contributed by atoms with Crippen molar-refractivity contribution >= 4 is 12.1 Å². The van der Waals surface area contributed by atoms with E-state index in [2.05, 4.69) is 0 Å². The second kappa shape index (κ2) is 5.86. The average Bonchev–Trinajstić information content (AvgIpc) is 1.65. The van der Waals surface area contributed by atoms with Gasteiger partial charge in [0.05, 0.1) is 0 Å². The van der Waals surface area contributed by atoms with E-state index in [4.69, 9.17) is 0 Å². The van der Waals surface area contributed by atoms with E-state index in [1.807, 2.05) is 0 Å². The molecule has 0 aliphatic carbocycles. The van der Waals surface area contributed by atoms with Gasteiger partial charge in [0.2, 0.25) is 0 Å². The van der Waals surface area contributed by atoms with Gasteiger partial charge < -0.3 is 0 Å². The van der Waals surface area contributed by atoms with Crippen molar-refractivity contribution in [2.45, 2.75) is 13.3 Å². The van der Waals surface area contributed by atoms with E-state index >= 15 is 0 Å². The Hall–Kier alpha value is -0.141. The molecule has 0 heterocycles. The third-order valence-electron chi connectivity index (χ3n) is 0.480. The van der Waals surface area contributed by atoms with E-state index in [0.29, 0.717) is 12.7 Å². The minimum absolute atomic E-state index is 0. The van der Waals surface area contributed by atoms with Gasteiger partial charge in [-0.05, 0) is 0 Å². The predicted molar refractivity (Wildman–Crippen MR) is 21.4 cm³/mol. The summed E-state index contributed by atoms with van der Waals surface area (Å²) < 4.78 is 0. The van der Waals surface area contributed by atoms with Gasteiger partial charge in [-0.1, -0.05) is 6.92 Å². The first-order valence-electron chi connectivity index (χ1n) is 1.79.